The van der Waals surface area contributed by atoms with Crippen LogP contribution in [0.25, 0.3) is 0 Å². The Morgan fingerprint density at radius 2 is 1.63 bits per heavy atom. The summed E-state index contributed by atoms with van der Waals surface area (Å²) >= 11 is 0. The van der Waals surface area contributed by atoms with Crippen LogP contribution in [0.5, 0.6) is 0 Å². The van der Waals surface area contributed by atoms with Crippen molar-refractivity contribution in [1.29, 1.82) is 0 Å². The van der Waals surface area contributed by atoms with E-state index in [9.17, 15) is 8.42 Å². The molecule has 0 amide bonds. The van der Waals surface area contributed by atoms with Crippen LogP contribution in [0.15, 0.2) is 40.8 Å². The lowest BCUT2D eigenvalue weighted by atomic mass is 9.76. The topological polar surface area (TPSA) is 54.4 Å². The van der Waals surface area contributed by atoms with Crippen molar-refractivity contribution >= 4 is 10.1 Å². The van der Waals surface area contributed by atoms with Crippen LogP contribution in [0.2, 0.25) is 0 Å². The molecule has 0 aliphatic rings. The number of benzene rings is 1. The molecule has 0 saturated heterocycles. The first-order valence-electron chi connectivity index (χ1n) is 6.24. The average Bonchev–Trinajstić information content (AvgIpc) is 2.23. The van der Waals surface area contributed by atoms with E-state index < -0.39 is 10.1 Å². The summed E-state index contributed by atoms with van der Waals surface area (Å²) in [5.74, 6) is 0.202. The molecule has 106 valence electrons. The molecule has 0 aliphatic carbocycles. The highest BCUT2D eigenvalue weighted by Crippen LogP contribution is 2.37. The second-order valence-corrected chi connectivity index (χ2v) is 7.55. The number of hydrogen-bond acceptors (Lipinski definition) is 2. The number of allylic oxidation sites excluding steroid dienone is 2. The van der Waals surface area contributed by atoms with Crippen LogP contribution in [0.4, 0.5) is 0 Å². The van der Waals surface area contributed by atoms with Crippen molar-refractivity contribution in [2.75, 3.05) is 0 Å². The standard InChI is InChI=1S/C15H22O3S/c1-11(2)10-14(15(3,4)5)12-6-8-13(9-7-12)19(16,17)18/h6-10,14H,1-5H3,(H,16,17,18). The Hall–Kier alpha value is -1.13. The van der Waals surface area contributed by atoms with Crippen molar-refractivity contribution in [3.05, 3.63) is 41.5 Å². The first kappa shape index (κ1) is 15.9. The molecule has 4 heteroatoms. The number of rotatable bonds is 3. The third kappa shape index (κ3) is 4.48. The molecular weight excluding hydrogens is 260 g/mol. The van der Waals surface area contributed by atoms with E-state index in [2.05, 4.69) is 26.8 Å². The van der Waals surface area contributed by atoms with Gasteiger partial charge in [0.2, 0.25) is 0 Å². The van der Waals surface area contributed by atoms with Crippen molar-refractivity contribution in [2.24, 2.45) is 5.41 Å². The molecule has 0 heterocycles. The summed E-state index contributed by atoms with van der Waals surface area (Å²) in [5.41, 5.74) is 2.30. The van der Waals surface area contributed by atoms with Gasteiger partial charge in [-0.05, 0) is 37.0 Å². The van der Waals surface area contributed by atoms with Crippen LogP contribution >= 0.6 is 0 Å². The second-order valence-electron chi connectivity index (χ2n) is 6.13. The fraction of sp³-hybridized carbons (Fsp3) is 0.467. The lowest BCUT2D eigenvalue weighted by molar-refractivity contribution is 0.365. The van der Waals surface area contributed by atoms with Gasteiger partial charge >= 0.3 is 0 Å². The molecule has 1 aromatic carbocycles. The molecule has 0 radical (unpaired) electrons. The van der Waals surface area contributed by atoms with Gasteiger partial charge < -0.3 is 0 Å². The Kier molecular flexibility index (Phi) is 4.59. The average molecular weight is 282 g/mol. The largest absolute Gasteiger partial charge is 0.294 e. The highest BCUT2D eigenvalue weighted by Gasteiger charge is 2.24. The maximum Gasteiger partial charge on any atom is 0.294 e. The molecular formula is C15H22O3S. The van der Waals surface area contributed by atoms with E-state index in [0.717, 1.165) is 5.56 Å². The van der Waals surface area contributed by atoms with E-state index in [4.69, 9.17) is 4.55 Å². The van der Waals surface area contributed by atoms with E-state index in [1.807, 2.05) is 13.8 Å². The van der Waals surface area contributed by atoms with Crippen LogP contribution in [0, 0.1) is 5.41 Å². The zero-order valence-corrected chi connectivity index (χ0v) is 13.0. The lowest BCUT2D eigenvalue weighted by Gasteiger charge is -2.29. The molecule has 0 aliphatic heterocycles. The smallest absolute Gasteiger partial charge is 0.282 e. The lowest BCUT2D eigenvalue weighted by Crippen LogP contribution is -2.17. The molecule has 0 aromatic heterocycles. The minimum atomic E-state index is -4.12. The summed E-state index contributed by atoms with van der Waals surface area (Å²) < 4.78 is 31.0. The predicted octanol–water partition coefficient (Wildman–Crippen LogP) is 4.03. The molecule has 1 aromatic rings. The molecule has 1 atom stereocenters. The van der Waals surface area contributed by atoms with E-state index in [0.29, 0.717) is 0 Å². The number of hydrogen-bond donors (Lipinski definition) is 1. The molecule has 0 bridgehead atoms. The molecule has 0 saturated carbocycles. The van der Waals surface area contributed by atoms with Crippen LogP contribution in [-0.2, 0) is 10.1 Å². The van der Waals surface area contributed by atoms with E-state index in [1.54, 1.807) is 12.1 Å². The summed E-state index contributed by atoms with van der Waals surface area (Å²) in [5, 5.41) is 0. The molecule has 1 N–H and O–H groups in total. The Balaban J connectivity index is 3.23. The summed E-state index contributed by atoms with van der Waals surface area (Å²) in [6.07, 6.45) is 2.18. The van der Waals surface area contributed by atoms with Gasteiger partial charge in [-0.15, -0.1) is 0 Å². The summed E-state index contributed by atoms with van der Waals surface area (Å²) in [4.78, 5) is -0.0684. The summed E-state index contributed by atoms with van der Waals surface area (Å²) in [6.45, 7) is 10.5. The van der Waals surface area contributed by atoms with E-state index >= 15 is 0 Å². The van der Waals surface area contributed by atoms with Crippen molar-refractivity contribution in [3.8, 4) is 0 Å². The quantitative estimate of drug-likeness (QED) is 0.672. The maximum absolute atomic E-state index is 11.0. The van der Waals surface area contributed by atoms with E-state index in [-0.39, 0.29) is 16.2 Å². The van der Waals surface area contributed by atoms with E-state index in [1.165, 1.54) is 17.7 Å². The molecule has 1 unspecified atom stereocenters. The van der Waals surface area contributed by atoms with Crippen LogP contribution in [0.3, 0.4) is 0 Å². The minimum Gasteiger partial charge on any atom is -0.282 e. The van der Waals surface area contributed by atoms with Crippen molar-refractivity contribution in [2.45, 2.75) is 45.4 Å². The molecule has 1 rings (SSSR count). The van der Waals surface area contributed by atoms with Gasteiger partial charge in [0.15, 0.2) is 0 Å². The first-order chi connectivity index (χ1) is 8.51. The van der Waals surface area contributed by atoms with Gasteiger partial charge in [-0.25, -0.2) is 0 Å². The van der Waals surface area contributed by atoms with Crippen LogP contribution < -0.4 is 0 Å². The Morgan fingerprint density at radius 3 is 1.95 bits per heavy atom. The van der Waals surface area contributed by atoms with Crippen molar-refractivity contribution in [1.82, 2.24) is 0 Å². The summed E-state index contributed by atoms with van der Waals surface area (Å²) in [7, 11) is -4.12. The Labute approximate surface area is 116 Å². The fourth-order valence-electron chi connectivity index (χ4n) is 2.03. The zero-order chi connectivity index (χ0) is 14.8. The molecule has 0 fully saturated rings. The SMILES string of the molecule is CC(C)=CC(c1ccc(S(=O)(=O)O)cc1)C(C)(C)C. The van der Waals surface area contributed by atoms with Crippen LogP contribution in [-0.4, -0.2) is 13.0 Å². The first-order valence-corrected chi connectivity index (χ1v) is 7.68. The molecule has 19 heavy (non-hydrogen) atoms. The van der Waals surface area contributed by atoms with Gasteiger partial charge in [-0.2, -0.15) is 8.42 Å². The molecule has 0 spiro atoms. The van der Waals surface area contributed by atoms with Gasteiger partial charge in [0.05, 0.1) is 4.90 Å². The predicted molar refractivity (Wildman–Crippen MR) is 77.9 cm³/mol. The highest BCUT2D eigenvalue weighted by atomic mass is 32.2. The zero-order valence-electron chi connectivity index (χ0n) is 12.1. The fourth-order valence-corrected chi connectivity index (χ4v) is 2.51. The minimum absolute atomic E-state index is 0.0386. The van der Waals surface area contributed by atoms with Gasteiger partial charge in [0.25, 0.3) is 10.1 Å². The third-order valence-corrected chi connectivity index (χ3v) is 3.84. The monoisotopic (exact) mass is 282 g/mol. The van der Waals surface area contributed by atoms with Gasteiger partial charge in [0.1, 0.15) is 0 Å². The Bertz CT molecular complexity index is 556. The van der Waals surface area contributed by atoms with Gasteiger partial charge in [-0.1, -0.05) is 44.6 Å². The van der Waals surface area contributed by atoms with Crippen molar-refractivity contribution in [3.63, 3.8) is 0 Å². The maximum atomic E-state index is 11.0. The summed E-state index contributed by atoms with van der Waals surface area (Å²) in [6, 6.07) is 6.42. The molecule has 3 nitrogen and oxygen atoms in total. The van der Waals surface area contributed by atoms with Crippen molar-refractivity contribution < 1.29 is 13.0 Å². The normalized spacial score (nSPS) is 14.0. The second kappa shape index (κ2) is 5.47. The van der Waals surface area contributed by atoms with Gasteiger partial charge in [0, 0.05) is 5.92 Å². The van der Waals surface area contributed by atoms with Gasteiger partial charge in [-0.3, -0.25) is 4.55 Å². The Morgan fingerprint density at radius 1 is 1.16 bits per heavy atom. The van der Waals surface area contributed by atoms with Crippen LogP contribution in [0.1, 0.15) is 46.1 Å². The highest BCUT2D eigenvalue weighted by molar-refractivity contribution is 7.85. The third-order valence-electron chi connectivity index (χ3n) is 2.97.